The number of ether oxygens (including phenoxy) is 2. The zero-order valence-electron chi connectivity index (χ0n) is 15.3. The van der Waals surface area contributed by atoms with E-state index in [0.717, 1.165) is 25.7 Å². The normalized spacial score (nSPS) is 27.5. The Bertz CT molecular complexity index is 831. The number of carboxylic acid groups (broad SMARTS) is 1. The van der Waals surface area contributed by atoms with Gasteiger partial charge >= 0.3 is 12.1 Å². The largest absolute Gasteiger partial charge is 0.490 e. The first-order valence-corrected chi connectivity index (χ1v) is 10.5. The van der Waals surface area contributed by atoms with Crippen LogP contribution < -0.4 is 4.74 Å². The van der Waals surface area contributed by atoms with Crippen LogP contribution in [0.5, 0.6) is 5.88 Å². The summed E-state index contributed by atoms with van der Waals surface area (Å²) in [6.07, 6.45) is -0.365. The molecule has 12 heteroatoms. The van der Waals surface area contributed by atoms with Crippen LogP contribution in [0, 0.1) is 0 Å². The fourth-order valence-electron chi connectivity index (χ4n) is 3.35. The summed E-state index contributed by atoms with van der Waals surface area (Å²) in [7, 11) is -3.11. The Hall–Kier alpha value is -1.92. The third kappa shape index (κ3) is 5.37. The molecular formula is C17H21F3N2O6S. The number of aromatic nitrogens is 1. The standard InChI is InChI=1S/C15H20N2O4S.C2HF3O2/c18-22(19,13-4-5-13)17-8-6-15(11-17)9-12(10-20-15)21-14-3-1-2-7-16-14;3-2(4,5)1(6)7/h1-3,7,12-13H,4-6,8-11H2;(H,6,7)/t12-,15+;/m1./s1. The Labute approximate surface area is 165 Å². The van der Waals surface area contributed by atoms with Crippen LogP contribution in [0.2, 0.25) is 0 Å². The van der Waals surface area contributed by atoms with Crippen LogP contribution in [0.25, 0.3) is 0 Å². The Morgan fingerprint density at radius 2 is 2.03 bits per heavy atom. The quantitative estimate of drug-likeness (QED) is 0.764. The van der Waals surface area contributed by atoms with Gasteiger partial charge in [0.2, 0.25) is 15.9 Å². The molecule has 2 aliphatic heterocycles. The summed E-state index contributed by atoms with van der Waals surface area (Å²) in [4.78, 5) is 13.1. The van der Waals surface area contributed by atoms with E-state index in [-0.39, 0.29) is 17.0 Å². The van der Waals surface area contributed by atoms with E-state index >= 15 is 0 Å². The summed E-state index contributed by atoms with van der Waals surface area (Å²) in [5, 5.41) is 6.98. The molecule has 4 rings (SSSR count). The summed E-state index contributed by atoms with van der Waals surface area (Å²) in [6.45, 7) is 1.52. The second-order valence-electron chi connectivity index (χ2n) is 7.24. The van der Waals surface area contributed by atoms with Gasteiger partial charge in [0.05, 0.1) is 17.5 Å². The van der Waals surface area contributed by atoms with E-state index < -0.39 is 22.2 Å². The van der Waals surface area contributed by atoms with Crippen LogP contribution in [0.1, 0.15) is 25.7 Å². The number of sulfonamides is 1. The molecule has 1 N–H and O–H groups in total. The van der Waals surface area contributed by atoms with Gasteiger partial charge in [0, 0.05) is 31.8 Å². The minimum absolute atomic E-state index is 0.0570. The van der Waals surface area contributed by atoms with Crippen molar-refractivity contribution in [2.45, 2.75) is 48.8 Å². The van der Waals surface area contributed by atoms with Gasteiger partial charge in [-0.25, -0.2) is 18.2 Å². The van der Waals surface area contributed by atoms with Gasteiger partial charge in [0.25, 0.3) is 0 Å². The lowest BCUT2D eigenvalue weighted by atomic mass is 9.98. The summed E-state index contributed by atoms with van der Waals surface area (Å²) < 4.78 is 69.8. The fraction of sp³-hybridized carbons (Fsp3) is 0.647. The molecule has 0 unspecified atom stereocenters. The average Bonchev–Trinajstić information content (AvgIpc) is 3.33. The molecule has 8 nitrogen and oxygen atoms in total. The number of hydrogen-bond acceptors (Lipinski definition) is 6. The number of carboxylic acids is 1. The number of alkyl halides is 3. The molecule has 1 aromatic rings. The van der Waals surface area contributed by atoms with Gasteiger partial charge in [-0.15, -0.1) is 0 Å². The van der Waals surface area contributed by atoms with Crippen LogP contribution >= 0.6 is 0 Å². The van der Waals surface area contributed by atoms with Gasteiger partial charge in [0.1, 0.15) is 6.10 Å². The lowest BCUT2D eigenvalue weighted by Crippen LogP contribution is -2.37. The topological polar surface area (TPSA) is 106 Å². The number of hydrogen-bond donors (Lipinski definition) is 1. The number of pyridine rings is 1. The van der Waals surface area contributed by atoms with E-state index in [2.05, 4.69) is 4.98 Å². The van der Waals surface area contributed by atoms with Crippen molar-refractivity contribution in [3.63, 3.8) is 0 Å². The van der Waals surface area contributed by atoms with E-state index in [1.807, 2.05) is 18.2 Å². The maximum Gasteiger partial charge on any atom is 0.490 e. The Morgan fingerprint density at radius 1 is 1.34 bits per heavy atom. The molecule has 162 valence electrons. The molecule has 3 fully saturated rings. The number of carbonyl (C=O) groups is 1. The predicted molar refractivity (Wildman–Crippen MR) is 93.8 cm³/mol. The highest BCUT2D eigenvalue weighted by atomic mass is 32.2. The third-order valence-corrected chi connectivity index (χ3v) is 7.27. The Balaban J connectivity index is 0.000000298. The molecule has 2 saturated heterocycles. The molecule has 1 spiro atoms. The smallest absolute Gasteiger partial charge is 0.475 e. The lowest BCUT2D eigenvalue weighted by Gasteiger charge is -2.23. The van der Waals surface area contributed by atoms with E-state index in [0.29, 0.717) is 25.6 Å². The second-order valence-corrected chi connectivity index (χ2v) is 9.45. The van der Waals surface area contributed by atoms with Crippen molar-refractivity contribution in [3.05, 3.63) is 24.4 Å². The number of nitrogens with zero attached hydrogens (tertiary/aromatic N) is 2. The monoisotopic (exact) mass is 438 g/mol. The SMILES string of the molecule is O=C(O)C(F)(F)F.O=S(=O)(C1CC1)N1CC[C@]2(C[C@@H](Oc3ccccn3)CO2)C1. The highest BCUT2D eigenvalue weighted by molar-refractivity contribution is 7.90. The summed E-state index contributed by atoms with van der Waals surface area (Å²) >= 11 is 0. The summed E-state index contributed by atoms with van der Waals surface area (Å²) in [5.41, 5.74) is -0.374. The first-order valence-electron chi connectivity index (χ1n) is 9.03. The van der Waals surface area contributed by atoms with Crippen molar-refractivity contribution < 1.29 is 41.0 Å². The van der Waals surface area contributed by atoms with E-state index in [1.54, 1.807) is 10.5 Å². The number of halogens is 3. The number of aliphatic carboxylic acids is 1. The summed E-state index contributed by atoms with van der Waals surface area (Å²) in [6, 6.07) is 5.55. The molecule has 0 amide bonds. The zero-order valence-corrected chi connectivity index (χ0v) is 16.2. The molecule has 1 saturated carbocycles. The third-order valence-electron chi connectivity index (χ3n) is 4.93. The van der Waals surface area contributed by atoms with Crippen LogP contribution in [0.3, 0.4) is 0 Å². The lowest BCUT2D eigenvalue weighted by molar-refractivity contribution is -0.192. The van der Waals surface area contributed by atoms with Crippen LogP contribution in [0.4, 0.5) is 13.2 Å². The van der Waals surface area contributed by atoms with E-state index in [9.17, 15) is 21.6 Å². The second kappa shape index (κ2) is 8.07. The van der Waals surface area contributed by atoms with Gasteiger partial charge in [-0.3, -0.25) is 0 Å². The molecule has 3 heterocycles. The highest BCUT2D eigenvalue weighted by Crippen LogP contribution is 2.40. The van der Waals surface area contributed by atoms with Gasteiger partial charge in [-0.05, 0) is 25.3 Å². The van der Waals surface area contributed by atoms with Crippen molar-refractivity contribution in [2.75, 3.05) is 19.7 Å². The Morgan fingerprint density at radius 3 is 2.59 bits per heavy atom. The van der Waals surface area contributed by atoms with Crippen molar-refractivity contribution in [2.24, 2.45) is 0 Å². The van der Waals surface area contributed by atoms with Crippen molar-refractivity contribution in [1.82, 2.24) is 9.29 Å². The van der Waals surface area contributed by atoms with Crippen molar-refractivity contribution in [1.29, 1.82) is 0 Å². The van der Waals surface area contributed by atoms with Gasteiger partial charge < -0.3 is 14.6 Å². The molecular weight excluding hydrogens is 417 g/mol. The summed E-state index contributed by atoms with van der Waals surface area (Å²) in [5.74, 6) is -2.17. The zero-order chi connectivity index (χ0) is 21.3. The van der Waals surface area contributed by atoms with Crippen LogP contribution in [-0.4, -0.2) is 71.6 Å². The first-order chi connectivity index (χ1) is 13.5. The van der Waals surface area contributed by atoms with Gasteiger partial charge in [-0.2, -0.15) is 17.5 Å². The molecule has 29 heavy (non-hydrogen) atoms. The number of rotatable bonds is 4. The Kier molecular flexibility index (Phi) is 6.06. The van der Waals surface area contributed by atoms with Crippen LogP contribution in [-0.2, 0) is 19.6 Å². The minimum Gasteiger partial charge on any atom is -0.475 e. The average molecular weight is 438 g/mol. The highest BCUT2D eigenvalue weighted by Gasteiger charge is 2.51. The maximum atomic E-state index is 12.3. The van der Waals surface area contributed by atoms with Gasteiger partial charge in [0.15, 0.2) is 0 Å². The molecule has 0 aromatic carbocycles. The maximum absolute atomic E-state index is 12.3. The van der Waals surface area contributed by atoms with Crippen molar-refractivity contribution in [3.8, 4) is 5.88 Å². The van der Waals surface area contributed by atoms with Crippen LogP contribution in [0.15, 0.2) is 24.4 Å². The molecule has 3 aliphatic rings. The fourth-order valence-corrected chi connectivity index (χ4v) is 5.27. The molecule has 2 atom stereocenters. The van der Waals surface area contributed by atoms with E-state index in [1.165, 1.54) is 0 Å². The minimum atomic E-state index is -5.08. The van der Waals surface area contributed by atoms with Crippen molar-refractivity contribution >= 4 is 16.0 Å². The van der Waals surface area contributed by atoms with E-state index in [4.69, 9.17) is 19.4 Å². The molecule has 0 radical (unpaired) electrons. The first kappa shape index (κ1) is 21.8. The van der Waals surface area contributed by atoms with Gasteiger partial charge in [-0.1, -0.05) is 6.07 Å². The molecule has 0 bridgehead atoms. The predicted octanol–water partition coefficient (Wildman–Crippen LogP) is 1.82. The molecule has 1 aliphatic carbocycles. The molecule has 1 aromatic heterocycles.